The van der Waals surface area contributed by atoms with Crippen molar-refractivity contribution in [2.75, 3.05) is 11.5 Å². The van der Waals surface area contributed by atoms with Gasteiger partial charge in [-0.1, -0.05) is 20.8 Å². The van der Waals surface area contributed by atoms with Crippen molar-refractivity contribution in [3.63, 3.8) is 0 Å². The van der Waals surface area contributed by atoms with Gasteiger partial charge in [-0.25, -0.2) is 0 Å². The number of carbonyl (C=O) groups excluding carboxylic acids is 1. The highest BCUT2D eigenvalue weighted by Gasteiger charge is 2.31. The molecule has 0 spiro atoms. The topological polar surface area (TPSA) is 17.1 Å². The van der Waals surface area contributed by atoms with E-state index in [1.165, 1.54) is 5.75 Å². The van der Waals surface area contributed by atoms with E-state index in [1.54, 1.807) is 0 Å². The second kappa shape index (κ2) is 5.30. The summed E-state index contributed by atoms with van der Waals surface area (Å²) in [6.07, 6.45) is 1.13. The van der Waals surface area contributed by atoms with E-state index in [4.69, 9.17) is 0 Å². The fraction of sp³-hybridized carbons (Fsp3) is 0.900. The molecule has 0 saturated carbocycles. The van der Waals surface area contributed by atoms with Gasteiger partial charge in [-0.2, -0.15) is 11.8 Å². The van der Waals surface area contributed by atoms with Crippen molar-refractivity contribution in [3.8, 4) is 0 Å². The van der Waals surface area contributed by atoms with Crippen LogP contribution in [0.2, 0.25) is 0 Å². The molecular formula is C10H18OS2. The first-order chi connectivity index (χ1) is 6.16. The average molecular weight is 218 g/mol. The molecule has 0 bridgehead atoms. The van der Waals surface area contributed by atoms with Gasteiger partial charge in [0.2, 0.25) is 0 Å². The molecule has 2 unspecified atom stereocenters. The highest BCUT2D eigenvalue weighted by Crippen LogP contribution is 2.34. The van der Waals surface area contributed by atoms with Gasteiger partial charge in [0, 0.05) is 22.7 Å². The monoisotopic (exact) mass is 218 g/mol. The maximum Gasteiger partial charge on any atom is 0.149 e. The first-order valence-electron chi connectivity index (χ1n) is 4.93. The van der Waals surface area contributed by atoms with Crippen molar-refractivity contribution in [1.82, 2.24) is 0 Å². The third-order valence-corrected chi connectivity index (χ3v) is 5.57. The van der Waals surface area contributed by atoms with Crippen LogP contribution in [0, 0.1) is 5.92 Å². The van der Waals surface area contributed by atoms with Crippen LogP contribution < -0.4 is 0 Å². The second-order valence-electron chi connectivity index (χ2n) is 3.67. The van der Waals surface area contributed by atoms with Crippen molar-refractivity contribution >= 4 is 29.3 Å². The zero-order chi connectivity index (χ0) is 9.84. The molecule has 0 N–H and O–H groups in total. The van der Waals surface area contributed by atoms with Crippen LogP contribution in [0.25, 0.3) is 0 Å². The van der Waals surface area contributed by atoms with Gasteiger partial charge < -0.3 is 0 Å². The van der Waals surface area contributed by atoms with Gasteiger partial charge >= 0.3 is 0 Å². The van der Waals surface area contributed by atoms with Crippen LogP contribution in [0.15, 0.2) is 0 Å². The Morgan fingerprint density at radius 2 is 2.00 bits per heavy atom. The van der Waals surface area contributed by atoms with Crippen LogP contribution in [-0.4, -0.2) is 27.8 Å². The third kappa shape index (κ3) is 2.91. The Morgan fingerprint density at radius 3 is 2.54 bits per heavy atom. The molecule has 0 aliphatic carbocycles. The van der Waals surface area contributed by atoms with Crippen LogP contribution in [0.4, 0.5) is 0 Å². The molecular weight excluding hydrogens is 200 g/mol. The Hall–Kier alpha value is 0.370. The number of hydrogen-bond donors (Lipinski definition) is 0. The Balaban J connectivity index is 2.58. The van der Waals surface area contributed by atoms with Crippen molar-refractivity contribution in [3.05, 3.63) is 0 Å². The van der Waals surface area contributed by atoms with E-state index < -0.39 is 0 Å². The van der Waals surface area contributed by atoms with E-state index in [2.05, 4.69) is 6.92 Å². The molecule has 0 amide bonds. The number of ketones is 1. The molecule has 3 heteroatoms. The molecule has 76 valence electrons. The van der Waals surface area contributed by atoms with Crippen molar-refractivity contribution in [2.45, 2.75) is 37.7 Å². The molecule has 0 radical (unpaired) electrons. The molecule has 0 aromatic rings. The largest absolute Gasteiger partial charge is 0.298 e. The quantitative estimate of drug-likeness (QED) is 0.725. The minimum Gasteiger partial charge on any atom is -0.298 e. The highest BCUT2D eigenvalue weighted by molar-refractivity contribution is 8.07. The molecule has 2 atom stereocenters. The molecule has 13 heavy (non-hydrogen) atoms. The molecule has 1 heterocycles. The predicted octanol–water partition coefficient (Wildman–Crippen LogP) is 2.84. The van der Waals surface area contributed by atoms with Gasteiger partial charge in [-0.15, -0.1) is 11.8 Å². The first kappa shape index (κ1) is 11.4. The highest BCUT2D eigenvalue weighted by atomic mass is 32.2. The maximum atomic E-state index is 11.8. The fourth-order valence-electron chi connectivity index (χ4n) is 1.50. The predicted molar refractivity (Wildman–Crippen MR) is 62.6 cm³/mol. The normalized spacial score (nSPS) is 29.2. The zero-order valence-electron chi connectivity index (χ0n) is 8.58. The SMILES string of the molecule is CCC1SCCSC1C(=O)C(C)C. The van der Waals surface area contributed by atoms with Crippen LogP contribution >= 0.6 is 23.5 Å². The van der Waals surface area contributed by atoms with E-state index in [0.717, 1.165) is 12.2 Å². The number of rotatable bonds is 3. The lowest BCUT2D eigenvalue weighted by Gasteiger charge is -2.29. The Morgan fingerprint density at radius 1 is 1.38 bits per heavy atom. The van der Waals surface area contributed by atoms with Gasteiger partial charge in [-0.3, -0.25) is 4.79 Å². The summed E-state index contributed by atoms with van der Waals surface area (Å²) in [6.45, 7) is 6.20. The molecule has 1 rings (SSSR count). The van der Waals surface area contributed by atoms with Crippen LogP contribution in [0.1, 0.15) is 27.2 Å². The summed E-state index contributed by atoms with van der Waals surface area (Å²) >= 11 is 3.84. The third-order valence-electron chi connectivity index (χ3n) is 2.30. The number of Topliss-reactive ketones (excluding diaryl/α,β-unsaturated/α-hetero) is 1. The van der Waals surface area contributed by atoms with Crippen LogP contribution in [-0.2, 0) is 4.79 Å². The molecule has 0 aromatic heterocycles. The van der Waals surface area contributed by atoms with Crippen LogP contribution in [0.5, 0.6) is 0 Å². The van der Waals surface area contributed by atoms with Crippen molar-refractivity contribution < 1.29 is 4.79 Å². The number of carbonyl (C=O) groups is 1. The van der Waals surface area contributed by atoms with Gasteiger partial charge in [0.05, 0.1) is 5.25 Å². The summed E-state index contributed by atoms with van der Waals surface area (Å²) in [5.74, 6) is 3.00. The van der Waals surface area contributed by atoms with E-state index in [0.29, 0.717) is 11.0 Å². The zero-order valence-corrected chi connectivity index (χ0v) is 10.2. The second-order valence-corrected chi connectivity index (χ2v) is 6.26. The van der Waals surface area contributed by atoms with Gasteiger partial charge in [-0.05, 0) is 6.42 Å². The first-order valence-corrected chi connectivity index (χ1v) is 7.03. The molecule has 1 aliphatic heterocycles. The summed E-state index contributed by atoms with van der Waals surface area (Å²) < 4.78 is 0. The Bertz CT molecular complexity index is 180. The lowest BCUT2D eigenvalue weighted by Crippen LogP contribution is -2.35. The van der Waals surface area contributed by atoms with Crippen LogP contribution in [0.3, 0.4) is 0 Å². The number of hydrogen-bond acceptors (Lipinski definition) is 3. The van der Waals surface area contributed by atoms with E-state index in [9.17, 15) is 4.79 Å². The van der Waals surface area contributed by atoms with E-state index in [-0.39, 0.29) is 11.2 Å². The summed E-state index contributed by atoms with van der Waals surface area (Å²) in [6, 6.07) is 0. The molecule has 1 saturated heterocycles. The maximum absolute atomic E-state index is 11.8. The van der Waals surface area contributed by atoms with Gasteiger partial charge in [0.25, 0.3) is 0 Å². The molecule has 1 fully saturated rings. The fourth-order valence-corrected chi connectivity index (χ4v) is 4.68. The van der Waals surface area contributed by atoms with Gasteiger partial charge in [0.15, 0.2) is 0 Å². The van der Waals surface area contributed by atoms with Gasteiger partial charge in [0.1, 0.15) is 5.78 Å². The Kier molecular flexibility index (Phi) is 4.67. The molecule has 0 aromatic carbocycles. The summed E-state index contributed by atoms with van der Waals surface area (Å²) in [4.78, 5) is 11.8. The minimum absolute atomic E-state index is 0.199. The summed E-state index contributed by atoms with van der Waals surface area (Å²) in [7, 11) is 0. The summed E-state index contributed by atoms with van der Waals surface area (Å²) in [5.41, 5.74) is 0. The lowest BCUT2D eigenvalue weighted by atomic mass is 10.0. The van der Waals surface area contributed by atoms with E-state index in [1.807, 2.05) is 37.4 Å². The lowest BCUT2D eigenvalue weighted by molar-refractivity contribution is -0.121. The Labute approximate surface area is 89.4 Å². The molecule has 1 nitrogen and oxygen atoms in total. The van der Waals surface area contributed by atoms with Crippen molar-refractivity contribution in [2.24, 2.45) is 5.92 Å². The van der Waals surface area contributed by atoms with E-state index >= 15 is 0 Å². The van der Waals surface area contributed by atoms with Crippen molar-refractivity contribution in [1.29, 1.82) is 0 Å². The number of thioether (sulfide) groups is 2. The standard InChI is InChI=1S/C10H18OS2/c1-4-8-10(9(11)7(2)3)13-6-5-12-8/h7-8,10H,4-6H2,1-3H3. The summed E-state index contributed by atoms with van der Waals surface area (Å²) in [5, 5.41) is 0.831. The minimum atomic E-state index is 0.199. The smallest absolute Gasteiger partial charge is 0.149 e. The average Bonchev–Trinajstić information content (AvgIpc) is 2.16. The molecule has 1 aliphatic rings.